The zero-order valence-electron chi connectivity index (χ0n) is 19.6. The average Bonchev–Trinajstić information content (AvgIpc) is 3.45. The van der Waals surface area contributed by atoms with E-state index in [2.05, 4.69) is 46.7 Å². The number of carboxylic acid groups (broad SMARTS) is 1. The van der Waals surface area contributed by atoms with Gasteiger partial charge in [-0.2, -0.15) is 0 Å². The molecule has 4 rings (SSSR count). The Kier molecular flexibility index (Phi) is 9.30. The van der Waals surface area contributed by atoms with Crippen molar-refractivity contribution in [2.24, 2.45) is 5.92 Å². The summed E-state index contributed by atoms with van der Waals surface area (Å²) in [5.74, 6) is -0.544. The Labute approximate surface area is 205 Å². The number of aliphatic carboxylic acids is 1. The van der Waals surface area contributed by atoms with Crippen LogP contribution in [0.2, 0.25) is 0 Å². The van der Waals surface area contributed by atoms with Crippen LogP contribution in [0.4, 0.5) is 0 Å². The lowest BCUT2D eigenvalue weighted by atomic mass is 9.93. The number of hydrogen-bond acceptors (Lipinski definition) is 6. The molecular formula is C27H35NO5S. The number of aliphatic hydroxyl groups is 1. The van der Waals surface area contributed by atoms with E-state index in [0.717, 1.165) is 25.9 Å². The minimum absolute atomic E-state index is 0.00432. The molecule has 2 heterocycles. The minimum Gasteiger partial charge on any atom is -0.481 e. The van der Waals surface area contributed by atoms with Crippen molar-refractivity contribution in [3.8, 4) is 10.4 Å². The average molecular weight is 486 g/mol. The topological polar surface area (TPSA) is 79.2 Å². The molecule has 34 heavy (non-hydrogen) atoms. The molecule has 1 saturated carbocycles. The molecule has 1 aliphatic carbocycles. The van der Waals surface area contributed by atoms with Crippen molar-refractivity contribution >= 4 is 17.3 Å². The molecule has 184 valence electrons. The first-order valence-electron chi connectivity index (χ1n) is 12.2. The summed E-state index contributed by atoms with van der Waals surface area (Å²) in [4.78, 5) is 14.3. The lowest BCUT2D eigenvalue weighted by Gasteiger charge is -2.37. The van der Waals surface area contributed by atoms with Gasteiger partial charge in [0.1, 0.15) is 0 Å². The highest BCUT2D eigenvalue weighted by Crippen LogP contribution is 2.37. The number of ether oxygens (including phenoxy) is 2. The molecule has 2 aromatic rings. The van der Waals surface area contributed by atoms with E-state index in [9.17, 15) is 9.90 Å². The van der Waals surface area contributed by atoms with Gasteiger partial charge in [0, 0.05) is 42.8 Å². The summed E-state index contributed by atoms with van der Waals surface area (Å²) in [7, 11) is 0. The molecule has 7 heteroatoms. The third kappa shape index (κ3) is 6.77. The van der Waals surface area contributed by atoms with E-state index in [-0.39, 0.29) is 24.5 Å². The van der Waals surface area contributed by atoms with Gasteiger partial charge in [-0.25, -0.2) is 0 Å². The Morgan fingerprint density at radius 2 is 1.94 bits per heavy atom. The normalized spacial score (nSPS) is 25.8. The molecule has 4 atom stereocenters. The number of morpholine rings is 1. The Morgan fingerprint density at radius 1 is 1.18 bits per heavy atom. The van der Waals surface area contributed by atoms with E-state index in [1.165, 1.54) is 16.0 Å². The molecule has 1 saturated heterocycles. The number of hydrogen-bond donors (Lipinski definition) is 2. The van der Waals surface area contributed by atoms with Crippen LogP contribution in [0, 0.1) is 5.92 Å². The Hall–Kier alpha value is -2.03. The molecule has 0 radical (unpaired) electrons. The number of rotatable bonds is 11. The highest BCUT2D eigenvalue weighted by atomic mass is 32.1. The second kappa shape index (κ2) is 12.6. The maximum atomic E-state index is 11.0. The van der Waals surface area contributed by atoms with Crippen LogP contribution in [0.5, 0.6) is 0 Å². The number of nitrogens with zero attached hydrogens (tertiary/aromatic N) is 1. The van der Waals surface area contributed by atoms with Gasteiger partial charge >= 0.3 is 5.97 Å². The summed E-state index contributed by atoms with van der Waals surface area (Å²) in [6, 6.07) is 12.6. The van der Waals surface area contributed by atoms with Crippen molar-refractivity contribution in [2.75, 3.05) is 26.3 Å². The molecule has 2 aliphatic rings. The summed E-state index contributed by atoms with van der Waals surface area (Å²) in [5.41, 5.74) is 2.38. The van der Waals surface area contributed by atoms with Gasteiger partial charge in [0.05, 0.1) is 32.0 Å². The summed E-state index contributed by atoms with van der Waals surface area (Å²) < 4.78 is 12.0. The lowest BCUT2D eigenvalue weighted by Crippen LogP contribution is -2.50. The van der Waals surface area contributed by atoms with E-state index >= 15 is 0 Å². The van der Waals surface area contributed by atoms with Gasteiger partial charge < -0.3 is 19.7 Å². The van der Waals surface area contributed by atoms with Crippen LogP contribution in [-0.2, 0) is 20.9 Å². The van der Waals surface area contributed by atoms with Crippen molar-refractivity contribution in [1.82, 2.24) is 4.90 Å². The van der Waals surface area contributed by atoms with Gasteiger partial charge in [0.25, 0.3) is 0 Å². The standard InChI is InChI=1S/C27H35NO5S/c29-23-17-24(33-18-20-16-25(34-19-20)21-8-4-3-5-9-21)22(10-6-1-2-7-11-26(30)31)27(23)28-12-14-32-15-13-28/h1-5,8-9,16,19,22-24,27,29H,6-7,10-15,17-18H2,(H,30,31)/t22-,23+,24-,27+/m0/s1. The maximum absolute atomic E-state index is 11.0. The first kappa shape index (κ1) is 25.1. The van der Waals surface area contributed by atoms with Crippen LogP contribution in [0.15, 0.2) is 53.9 Å². The van der Waals surface area contributed by atoms with Crippen LogP contribution in [0.1, 0.15) is 37.7 Å². The number of allylic oxidation sites excluding steroid dienone is 2. The molecule has 2 N–H and O–H groups in total. The zero-order valence-corrected chi connectivity index (χ0v) is 20.4. The molecule has 1 aromatic carbocycles. The molecule has 0 bridgehead atoms. The van der Waals surface area contributed by atoms with Gasteiger partial charge in [-0.3, -0.25) is 9.69 Å². The first-order chi connectivity index (χ1) is 16.6. The van der Waals surface area contributed by atoms with E-state index in [1.807, 2.05) is 12.1 Å². The van der Waals surface area contributed by atoms with E-state index in [4.69, 9.17) is 14.6 Å². The van der Waals surface area contributed by atoms with Crippen molar-refractivity contribution in [3.63, 3.8) is 0 Å². The Balaban J connectivity index is 1.38. The highest BCUT2D eigenvalue weighted by molar-refractivity contribution is 7.13. The summed E-state index contributed by atoms with van der Waals surface area (Å²) >= 11 is 1.73. The molecule has 6 nitrogen and oxygen atoms in total. The minimum atomic E-state index is -0.770. The van der Waals surface area contributed by atoms with Gasteiger partial charge in [0.15, 0.2) is 0 Å². The third-order valence-corrected chi connectivity index (χ3v) is 7.81. The molecule has 0 amide bonds. The number of aliphatic hydroxyl groups excluding tert-OH is 1. The highest BCUT2D eigenvalue weighted by Gasteiger charge is 2.45. The second-order valence-corrected chi connectivity index (χ2v) is 10.0. The molecule has 1 aliphatic heterocycles. The lowest BCUT2D eigenvalue weighted by molar-refractivity contribution is -0.136. The molecule has 0 spiro atoms. The fraction of sp³-hybridized carbons (Fsp3) is 0.519. The van der Waals surface area contributed by atoms with Crippen molar-refractivity contribution in [1.29, 1.82) is 0 Å². The molecule has 0 unspecified atom stereocenters. The molecular weight excluding hydrogens is 450 g/mol. The van der Waals surface area contributed by atoms with Crippen molar-refractivity contribution in [2.45, 2.75) is 57.0 Å². The summed E-state index contributed by atoms with van der Waals surface area (Å²) in [6.45, 7) is 3.62. The van der Waals surface area contributed by atoms with E-state index in [1.54, 1.807) is 11.3 Å². The zero-order chi connectivity index (χ0) is 23.8. The molecule has 1 aromatic heterocycles. The number of carboxylic acids is 1. The maximum Gasteiger partial charge on any atom is 0.303 e. The second-order valence-electron chi connectivity index (χ2n) is 9.12. The fourth-order valence-electron chi connectivity index (χ4n) is 5.14. The predicted molar refractivity (Wildman–Crippen MR) is 134 cm³/mol. The van der Waals surface area contributed by atoms with Crippen LogP contribution in [0.3, 0.4) is 0 Å². The van der Waals surface area contributed by atoms with Crippen molar-refractivity contribution in [3.05, 3.63) is 59.5 Å². The quantitative estimate of drug-likeness (QED) is 0.454. The van der Waals surface area contributed by atoms with E-state index in [0.29, 0.717) is 32.7 Å². The van der Waals surface area contributed by atoms with E-state index < -0.39 is 12.1 Å². The largest absolute Gasteiger partial charge is 0.481 e. The number of carbonyl (C=O) groups is 1. The van der Waals surface area contributed by atoms with Crippen molar-refractivity contribution < 1.29 is 24.5 Å². The Bertz CT molecular complexity index is 924. The predicted octanol–water partition coefficient (Wildman–Crippen LogP) is 4.58. The first-order valence-corrected chi connectivity index (χ1v) is 13.1. The van der Waals surface area contributed by atoms with Crippen LogP contribution < -0.4 is 0 Å². The van der Waals surface area contributed by atoms with Gasteiger partial charge in [-0.05, 0) is 41.8 Å². The Morgan fingerprint density at radius 3 is 2.71 bits per heavy atom. The van der Waals surface area contributed by atoms with Gasteiger partial charge in [0.2, 0.25) is 0 Å². The summed E-state index contributed by atoms with van der Waals surface area (Å²) in [6.07, 6.45) is 6.73. The monoisotopic (exact) mass is 485 g/mol. The third-order valence-electron chi connectivity index (χ3n) is 6.79. The van der Waals surface area contributed by atoms with Crippen LogP contribution in [-0.4, -0.2) is 65.6 Å². The fourth-order valence-corrected chi connectivity index (χ4v) is 6.04. The number of benzene rings is 1. The SMILES string of the molecule is O=C(O)CCC=CCC[C@@H]1[C@@H](N2CCOCC2)[C@H](O)C[C@@H]1OCc1csc(-c2ccccc2)c1. The van der Waals surface area contributed by atoms with Gasteiger partial charge in [-0.1, -0.05) is 42.5 Å². The molecule has 2 fully saturated rings. The van der Waals surface area contributed by atoms with Crippen LogP contribution in [0.25, 0.3) is 10.4 Å². The van der Waals surface area contributed by atoms with Gasteiger partial charge in [-0.15, -0.1) is 11.3 Å². The summed E-state index contributed by atoms with van der Waals surface area (Å²) in [5, 5.41) is 22.0. The van der Waals surface area contributed by atoms with Crippen LogP contribution >= 0.6 is 11.3 Å². The number of thiophene rings is 1. The smallest absolute Gasteiger partial charge is 0.303 e.